The molecule has 134 valence electrons. The summed E-state index contributed by atoms with van der Waals surface area (Å²) in [4.78, 5) is 19.3. The molecule has 2 amide bonds. The van der Waals surface area contributed by atoms with Gasteiger partial charge in [-0.15, -0.1) is 0 Å². The van der Waals surface area contributed by atoms with Crippen LogP contribution in [0.3, 0.4) is 0 Å². The van der Waals surface area contributed by atoms with E-state index in [0.717, 1.165) is 56.5 Å². The molecule has 0 spiro atoms. The van der Waals surface area contributed by atoms with Gasteiger partial charge in [-0.2, -0.15) is 5.10 Å². The molecule has 4 rings (SSSR count). The normalized spacial score (nSPS) is 20.3. The highest BCUT2D eigenvalue weighted by Gasteiger charge is 2.28. The van der Waals surface area contributed by atoms with Crippen molar-refractivity contribution in [3.63, 3.8) is 0 Å². The van der Waals surface area contributed by atoms with E-state index >= 15 is 0 Å². The predicted molar refractivity (Wildman–Crippen MR) is 94.2 cm³/mol. The van der Waals surface area contributed by atoms with E-state index in [1.54, 1.807) is 0 Å². The van der Waals surface area contributed by atoms with Crippen molar-refractivity contribution in [1.29, 1.82) is 0 Å². The highest BCUT2D eigenvalue weighted by molar-refractivity contribution is 5.74. The molecular formula is C18H26N6O. The first-order chi connectivity index (χ1) is 12.3. The van der Waals surface area contributed by atoms with Gasteiger partial charge in [-0.05, 0) is 32.1 Å². The Morgan fingerprint density at radius 2 is 2.20 bits per heavy atom. The third-order valence-corrected chi connectivity index (χ3v) is 5.28. The summed E-state index contributed by atoms with van der Waals surface area (Å²) >= 11 is 0. The van der Waals surface area contributed by atoms with E-state index in [0.29, 0.717) is 6.54 Å². The smallest absolute Gasteiger partial charge is 0.317 e. The van der Waals surface area contributed by atoms with Crippen LogP contribution in [0.15, 0.2) is 18.6 Å². The molecule has 0 radical (unpaired) electrons. The van der Waals surface area contributed by atoms with Crippen molar-refractivity contribution >= 4 is 6.03 Å². The van der Waals surface area contributed by atoms with Gasteiger partial charge in [0.1, 0.15) is 5.82 Å². The lowest BCUT2D eigenvalue weighted by Crippen LogP contribution is -2.45. The molecule has 2 aliphatic heterocycles. The minimum absolute atomic E-state index is 0.0230. The van der Waals surface area contributed by atoms with Crippen LogP contribution in [0, 0.1) is 0 Å². The number of aromatic amines is 1. The summed E-state index contributed by atoms with van der Waals surface area (Å²) in [6.45, 7) is 2.51. The molecule has 0 aliphatic carbocycles. The number of H-pyrrole nitrogens is 1. The van der Waals surface area contributed by atoms with Gasteiger partial charge in [0.15, 0.2) is 0 Å². The van der Waals surface area contributed by atoms with Crippen LogP contribution in [0.2, 0.25) is 0 Å². The number of piperidine rings is 1. The molecule has 1 saturated heterocycles. The van der Waals surface area contributed by atoms with E-state index in [2.05, 4.69) is 26.3 Å². The third kappa shape index (κ3) is 3.55. The molecule has 0 bridgehead atoms. The van der Waals surface area contributed by atoms with E-state index in [1.165, 1.54) is 18.7 Å². The monoisotopic (exact) mass is 342 g/mol. The van der Waals surface area contributed by atoms with E-state index in [1.807, 2.05) is 17.3 Å². The number of aryl methyl sites for hydroxylation is 2. The lowest BCUT2D eigenvalue weighted by molar-refractivity contribution is 0.151. The summed E-state index contributed by atoms with van der Waals surface area (Å²) in [5.41, 5.74) is 2.18. The summed E-state index contributed by atoms with van der Waals surface area (Å²) < 4.78 is 2.26. The fraction of sp³-hybridized carbons (Fsp3) is 0.611. The molecule has 2 aromatic heterocycles. The van der Waals surface area contributed by atoms with Crippen molar-refractivity contribution in [2.24, 2.45) is 0 Å². The quantitative estimate of drug-likeness (QED) is 0.895. The zero-order valence-electron chi connectivity index (χ0n) is 14.6. The topological polar surface area (TPSA) is 78.8 Å². The molecular weight excluding hydrogens is 316 g/mol. The largest absolute Gasteiger partial charge is 0.338 e. The summed E-state index contributed by atoms with van der Waals surface area (Å²) in [5.74, 6) is 1.20. The minimum atomic E-state index is 0.0230. The van der Waals surface area contributed by atoms with Gasteiger partial charge in [-0.3, -0.25) is 5.10 Å². The molecule has 25 heavy (non-hydrogen) atoms. The highest BCUT2D eigenvalue weighted by Crippen LogP contribution is 2.30. The second-order valence-electron chi connectivity index (χ2n) is 7.02. The van der Waals surface area contributed by atoms with Gasteiger partial charge in [-0.1, -0.05) is 0 Å². The zero-order valence-corrected chi connectivity index (χ0v) is 14.6. The van der Waals surface area contributed by atoms with Crippen LogP contribution in [0.1, 0.15) is 55.2 Å². The molecule has 0 unspecified atom stereocenters. The van der Waals surface area contributed by atoms with Crippen molar-refractivity contribution < 1.29 is 4.79 Å². The van der Waals surface area contributed by atoms with Gasteiger partial charge in [0.2, 0.25) is 0 Å². The number of fused-ring (bicyclic) bond motifs is 1. The number of likely N-dealkylation sites (tertiary alicyclic amines) is 1. The number of hydrogen-bond donors (Lipinski definition) is 2. The van der Waals surface area contributed by atoms with Crippen molar-refractivity contribution in [2.45, 2.75) is 57.5 Å². The van der Waals surface area contributed by atoms with E-state index in [-0.39, 0.29) is 12.1 Å². The van der Waals surface area contributed by atoms with Crippen molar-refractivity contribution in [1.82, 2.24) is 30.0 Å². The SMILES string of the molecule is O=C(NCCc1cn2c(n1)CCCC2)N1CCCC[C@@H]1c1cn[nH]c1. The zero-order chi connectivity index (χ0) is 17.1. The molecule has 1 atom stereocenters. The number of nitrogens with zero attached hydrogens (tertiary/aromatic N) is 4. The summed E-state index contributed by atoms with van der Waals surface area (Å²) in [6, 6.07) is 0.155. The fourth-order valence-corrected chi connectivity index (χ4v) is 3.96. The third-order valence-electron chi connectivity index (χ3n) is 5.28. The van der Waals surface area contributed by atoms with Gasteiger partial charge >= 0.3 is 6.03 Å². The van der Waals surface area contributed by atoms with Gasteiger partial charge in [0.25, 0.3) is 0 Å². The van der Waals surface area contributed by atoms with Gasteiger partial charge in [-0.25, -0.2) is 9.78 Å². The Kier molecular flexibility index (Phi) is 4.72. The molecule has 2 aromatic rings. The van der Waals surface area contributed by atoms with Crippen molar-refractivity contribution in [3.8, 4) is 0 Å². The lowest BCUT2D eigenvalue weighted by Gasteiger charge is -2.35. The molecule has 7 heteroatoms. The second kappa shape index (κ2) is 7.29. The highest BCUT2D eigenvalue weighted by atomic mass is 16.2. The number of urea groups is 1. The Bertz CT molecular complexity index is 684. The second-order valence-corrected chi connectivity index (χ2v) is 7.02. The minimum Gasteiger partial charge on any atom is -0.338 e. The van der Waals surface area contributed by atoms with Gasteiger partial charge in [0, 0.05) is 50.4 Å². The van der Waals surface area contributed by atoms with E-state index in [4.69, 9.17) is 4.98 Å². The molecule has 4 heterocycles. The molecule has 1 fully saturated rings. The molecule has 0 aromatic carbocycles. The van der Waals surface area contributed by atoms with Crippen LogP contribution >= 0.6 is 0 Å². The van der Waals surface area contributed by atoms with E-state index in [9.17, 15) is 4.79 Å². The van der Waals surface area contributed by atoms with Crippen molar-refractivity contribution in [3.05, 3.63) is 35.7 Å². The number of carbonyl (C=O) groups excluding carboxylic acids is 1. The Morgan fingerprint density at radius 3 is 3.04 bits per heavy atom. The lowest BCUT2D eigenvalue weighted by atomic mass is 9.98. The fourth-order valence-electron chi connectivity index (χ4n) is 3.96. The number of nitrogens with one attached hydrogen (secondary N) is 2. The van der Waals surface area contributed by atoms with Crippen LogP contribution in [0.5, 0.6) is 0 Å². The van der Waals surface area contributed by atoms with Crippen LogP contribution in [-0.4, -0.2) is 43.8 Å². The van der Waals surface area contributed by atoms with E-state index < -0.39 is 0 Å². The number of hydrogen-bond acceptors (Lipinski definition) is 3. The van der Waals surface area contributed by atoms with Crippen LogP contribution in [-0.2, 0) is 19.4 Å². The number of imidazole rings is 1. The first kappa shape index (κ1) is 16.2. The van der Waals surface area contributed by atoms with Crippen LogP contribution in [0.4, 0.5) is 4.79 Å². The first-order valence-corrected chi connectivity index (χ1v) is 9.39. The average molecular weight is 342 g/mol. The van der Waals surface area contributed by atoms with Gasteiger partial charge in [0.05, 0.1) is 17.9 Å². The maximum atomic E-state index is 12.6. The molecule has 0 saturated carbocycles. The number of aromatic nitrogens is 4. The average Bonchev–Trinajstić information content (AvgIpc) is 3.31. The van der Waals surface area contributed by atoms with Crippen LogP contribution in [0.25, 0.3) is 0 Å². The Morgan fingerprint density at radius 1 is 1.28 bits per heavy atom. The Labute approximate surface area is 147 Å². The summed E-state index contributed by atoms with van der Waals surface area (Å²) in [7, 11) is 0. The summed E-state index contributed by atoms with van der Waals surface area (Å²) in [6.07, 6.45) is 13.4. The standard InChI is InChI=1S/C18H26N6O/c25-18(24-10-4-1-5-16(24)14-11-20-21-12-14)19-8-7-15-13-23-9-3-2-6-17(23)22-15/h11-13,16H,1-10H2,(H,19,25)(H,20,21)/t16-/m1/s1. The van der Waals surface area contributed by atoms with Crippen LogP contribution < -0.4 is 5.32 Å². The first-order valence-electron chi connectivity index (χ1n) is 9.39. The van der Waals surface area contributed by atoms with Crippen molar-refractivity contribution in [2.75, 3.05) is 13.1 Å². The maximum Gasteiger partial charge on any atom is 0.317 e. The number of rotatable bonds is 4. The Balaban J connectivity index is 1.32. The number of amides is 2. The maximum absolute atomic E-state index is 12.6. The Hall–Kier alpha value is -2.31. The predicted octanol–water partition coefficient (Wildman–Crippen LogP) is 2.42. The van der Waals surface area contributed by atoms with Gasteiger partial charge < -0.3 is 14.8 Å². The molecule has 2 aliphatic rings. The number of carbonyl (C=O) groups is 1. The summed E-state index contributed by atoms with van der Waals surface area (Å²) in [5, 5.41) is 9.97. The molecule has 2 N–H and O–H groups in total. The molecule has 7 nitrogen and oxygen atoms in total.